The molecule has 2 rings (SSSR count). The number of aliphatic hydroxyl groups excluding tert-OH is 1. The van der Waals surface area contributed by atoms with Crippen molar-refractivity contribution in [2.45, 2.75) is 29.5 Å². The fraction of sp³-hybridized carbons (Fsp3) is 0.364. The summed E-state index contributed by atoms with van der Waals surface area (Å²) >= 11 is 3.32. The molecule has 80 valence electrons. The van der Waals surface area contributed by atoms with Crippen LogP contribution >= 0.6 is 23.1 Å². The van der Waals surface area contributed by atoms with Crippen LogP contribution in [0.15, 0.2) is 28.6 Å². The molecule has 0 saturated carbocycles. The van der Waals surface area contributed by atoms with E-state index in [1.54, 1.807) is 23.1 Å². The molecule has 15 heavy (non-hydrogen) atoms. The van der Waals surface area contributed by atoms with Gasteiger partial charge in [0.2, 0.25) is 0 Å². The molecular weight excluding hydrogens is 226 g/mol. The van der Waals surface area contributed by atoms with Gasteiger partial charge in [-0.3, -0.25) is 0 Å². The van der Waals surface area contributed by atoms with E-state index < -0.39 is 0 Å². The lowest BCUT2D eigenvalue weighted by Crippen LogP contribution is -2.14. The van der Waals surface area contributed by atoms with Gasteiger partial charge in [0.1, 0.15) is 0 Å². The van der Waals surface area contributed by atoms with Gasteiger partial charge in [-0.2, -0.15) is 0 Å². The maximum atomic E-state index is 9.41. The van der Waals surface area contributed by atoms with Gasteiger partial charge in [0.15, 0.2) is 4.34 Å². The fourth-order valence-corrected chi connectivity index (χ4v) is 3.44. The van der Waals surface area contributed by atoms with Gasteiger partial charge in [0, 0.05) is 5.25 Å². The Balaban J connectivity index is 2.22. The Labute approximate surface area is 97.4 Å². The molecule has 1 N–H and O–H groups in total. The van der Waals surface area contributed by atoms with Crippen LogP contribution in [0.4, 0.5) is 0 Å². The minimum atomic E-state index is -0.304. The second-order valence-electron chi connectivity index (χ2n) is 3.51. The van der Waals surface area contributed by atoms with E-state index in [9.17, 15) is 5.11 Å². The van der Waals surface area contributed by atoms with Crippen LogP contribution in [0.2, 0.25) is 0 Å². The van der Waals surface area contributed by atoms with E-state index in [2.05, 4.69) is 11.1 Å². The van der Waals surface area contributed by atoms with Crippen LogP contribution in [-0.2, 0) is 0 Å². The second-order valence-corrected chi connectivity index (χ2v) is 6.17. The molecule has 0 aliphatic carbocycles. The molecule has 2 atom stereocenters. The van der Waals surface area contributed by atoms with Crippen molar-refractivity contribution in [1.82, 2.24) is 4.98 Å². The van der Waals surface area contributed by atoms with Gasteiger partial charge in [0.05, 0.1) is 16.3 Å². The molecule has 0 fully saturated rings. The molecule has 1 heterocycles. The predicted octanol–water partition coefficient (Wildman–Crippen LogP) is 3.16. The minimum absolute atomic E-state index is 0.186. The Kier molecular flexibility index (Phi) is 3.29. The third kappa shape index (κ3) is 2.51. The number of para-hydroxylation sites is 1. The molecule has 0 aliphatic heterocycles. The molecule has 0 spiro atoms. The first-order valence-corrected chi connectivity index (χ1v) is 6.57. The van der Waals surface area contributed by atoms with Crippen LogP contribution in [0.5, 0.6) is 0 Å². The van der Waals surface area contributed by atoms with Crippen molar-refractivity contribution in [1.29, 1.82) is 0 Å². The van der Waals surface area contributed by atoms with E-state index in [4.69, 9.17) is 0 Å². The minimum Gasteiger partial charge on any atom is -0.392 e. The van der Waals surface area contributed by atoms with E-state index in [1.165, 1.54) is 4.70 Å². The smallest absolute Gasteiger partial charge is 0.151 e. The molecule has 4 heteroatoms. The Morgan fingerprint density at radius 2 is 2.07 bits per heavy atom. The van der Waals surface area contributed by atoms with Gasteiger partial charge in [-0.05, 0) is 19.1 Å². The van der Waals surface area contributed by atoms with Crippen molar-refractivity contribution in [3.8, 4) is 0 Å². The number of hydrogen-bond acceptors (Lipinski definition) is 4. The van der Waals surface area contributed by atoms with E-state index in [0.29, 0.717) is 0 Å². The normalized spacial score (nSPS) is 15.4. The van der Waals surface area contributed by atoms with Gasteiger partial charge in [0.25, 0.3) is 0 Å². The van der Waals surface area contributed by atoms with Crippen molar-refractivity contribution in [3.05, 3.63) is 24.3 Å². The fourth-order valence-electron chi connectivity index (χ4n) is 1.16. The Hall–Kier alpha value is -0.580. The predicted molar refractivity (Wildman–Crippen MR) is 66.6 cm³/mol. The third-order valence-electron chi connectivity index (χ3n) is 2.24. The van der Waals surface area contributed by atoms with Crippen molar-refractivity contribution in [2.75, 3.05) is 0 Å². The molecule has 0 amide bonds. The molecular formula is C11H13NOS2. The molecule has 1 aromatic heterocycles. The quantitative estimate of drug-likeness (QED) is 0.835. The summed E-state index contributed by atoms with van der Waals surface area (Å²) in [4.78, 5) is 4.51. The number of benzene rings is 1. The van der Waals surface area contributed by atoms with Crippen molar-refractivity contribution in [2.24, 2.45) is 0 Å². The molecule has 0 radical (unpaired) electrons. The first-order valence-electron chi connectivity index (χ1n) is 4.87. The van der Waals surface area contributed by atoms with Gasteiger partial charge < -0.3 is 5.11 Å². The summed E-state index contributed by atoms with van der Waals surface area (Å²) in [6.45, 7) is 3.83. The Bertz CT molecular complexity index is 420. The average molecular weight is 239 g/mol. The van der Waals surface area contributed by atoms with Crippen molar-refractivity contribution >= 4 is 33.3 Å². The molecule has 2 aromatic rings. The highest BCUT2D eigenvalue weighted by molar-refractivity contribution is 8.01. The summed E-state index contributed by atoms with van der Waals surface area (Å²) in [7, 11) is 0. The maximum absolute atomic E-state index is 9.41. The number of nitrogens with zero attached hydrogens (tertiary/aromatic N) is 1. The number of thiazole rings is 1. The van der Waals surface area contributed by atoms with Crippen molar-refractivity contribution in [3.63, 3.8) is 0 Å². The Morgan fingerprint density at radius 1 is 1.33 bits per heavy atom. The van der Waals surface area contributed by atoms with Crippen LogP contribution in [0.3, 0.4) is 0 Å². The van der Waals surface area contributed by atoms with Crippen LogP contribution in [0.25, 0.3) is 10.2 Å². The lowest BCUT2D eigenvalue weighted by atomic mass is 10.3. The summed E-state index contributed by atoms with van der Waals surface area (Å²) in [5.41, 5.74) is 1.04. The van der Waals surface area contributed by atoms with E-state index in [1.807, 2.05) is 32.0 Å². The van der Waals surface area contributed by atoms with E-state index >= 15 is 0 Å². The highest BCUT2D eigenvalue weighted by Gasteiger charge is 2.13. The van der Waals surface area contributed by atoms with Crippen LogP contribution in [0, 0.1) is 0 Å². The second kappa shape index (κ2) is 4.51. The molecule has 0 aliphatic rings. The standard InChI is InChI=1S/C11H13NOS2/c1-7(13)8(2)14-11-12-9-5-3-4-6-10(9)15-11/h3-8,13H,1-2H3. The lowest BCUT2D eigenvalue weighted by Gasteiger charge is -2.11. The summed E-state index contributed by atoms with van der Waals surface area (Å²) in [6, 6.07) is 8.11. The molecule has 1 aromatic carbocycles. The van der Waals surface area contributed by atoms with Gasteiger partial charge >= 0.3 is 0 Å². The molecule has 2 unspecified atom stereocenters. The molecule has 0 bridgehead atoms. The first kappa shape index (κ1) is 10.9. The molecule has 2 nitrogen and oxygen atoms in total. The molecule has 0 saturated heterocycles. The number of aromatic nitrogens is 1. The summed E-state index contributed by atoms with van der Waals surface area (Å²) in [5.74, 6) is 0. The number of aliphatic hydroxyl groups is 1. The van der Waals surface area contributed by atoms with E-state index in [0.717, 1.165) is 9.86 Å². The van der Waals surface area contributed by atoms with Gasteiger partial charge in [-0.1, -0.05) is 30.8 Å². The monoisotopic (exact) mass is 239 g/mol. The highest BCUT2D eigenvalue weighted by Crippen LogP contribution is 2.32. The van der Waals surface area contributed by atoms with Crippen LogP contribution < -0.4 is 0 Å². The highest BCUT2D eigenvalue weighted by atomic mass is 32.2. The Morgan fingerprint density at radius 3 is 2.73 bits per heavy atom. The number of thioether (sulfide) groups is 1. The van der Waals surface area contributed by atoms with Crippen molar-refractivity contribution < 1.29 is 5.11 Å². The maximum Gasteiger partial charge on any atom is 0.151 e. The number of rotatable bonds is 3. The zero-order valence-corrected chi connectivity index (χ0v) is 10.3. The van der Waals surface area contributed by atoms with Gasteiger partial charge in [-0.15, -0.1) is 11.3 Å². The van der Waals surface area contributed by atoms with E-state index in [-0.39, 0.29) is 11.4 Å². The van der Waals surface area contributed by atoms with Gasteiger partial charge in [-0.25, -0.2) is 4.98 Å². The summed E-state index contributed by atoms with van der Waals surface area (Å²) in [5, 5.41) is 9.60. The van der Waals surface area contributed by atoms with Crippen LogP contribution in [-0.4, -0.2) is 21.4 Å². The SMILES string of the molecule is CC(O)C(C)Sc1nc2ccccc2s1. The zero-order valence-electron chi connectivity index (χ0n) is 8.68. The summed E-state index contributed by atoms with van der Waals surface area (Å²) in [6.07, 6.45) is -0.304. The third-order valence-corrected chi connectivity index (χ3v) is 4.67. The summed E-state index contributed by atoms with van der Waals surface area (Å²) < 4.78 is 2.24. The van der Waals surface area contributed by atoms with Crippen LogP contribution in [0.1, 0.15) is 13.8 Å². The zero-order chi connectivity index (χ0) is 10.8. The lowest BCUT2D eigenvalue weighted by molar-refractivity contribution is 0.196. The number of hydrogen-bond donors (Lipinski definition) is 1. The first-order chi connectivity index (χ1) is 7.16. The number of fused-ring (bicyclic) bond motifs is 1. The largest absolute Gasteiger partial charge is 0.392 e. The average Bonchev–Trinajstić information content (AvgIpc) is 2.59. The topological polar surface area (TPSA) is 33.1 Å².